The number of fused-ring (bicyclic) bond motifs is 4. The van der Waals surface area contributed by atoms with Crippen LogP contribution >= 0.6 is 0 Å². The molecule has 0 unspecified atom stereocenters. The molecule has 1 aromatic heterocycles. The maximum Gasteiger partial charge on any atom is 0.320 e. The summed E-state index contributed by atoms with van der Waals surface area (Å²) in [6, 6.07) is 38.1. The van der Waals surface area contributed by atoms with Crippen molar-refractivity contribution in [3.63, 3.8) is 0 Å². The van der Waals surface area contributed by atoms with Crippen molar-refractivity contribution in [2.75, 3.05) is 24.6 Å². The molecule has 0 radical (unpaired) electrons. The molecular formula is C47H48FN5O3. The highest BCUT2D eigenvalue weighted by Crippen LogP contribution is 2.52. The summed E-state index contributed by atoms with van der Waals surface area (Å²) in [5.41, 5.74) is 7.50. The molecule has 4 heterocycles. The van der Waals surface area contributed by atoms with Crippen LogP contribution in [0, 0.1) is 11.3 Å². The Morgan fingerprint density at radius 1 is 0.893 bits per heavy atom. The normalized spacial score (nSPS) is 23.9. The number of anilines is 1. The second-order valence-corrected chi connectivity index (χ2v) is 16.1. The number of rotatable bonds is 11. The zero-order chi connectivity index (χ0) is 38.1. The van der Waals surface area contributed by atoms with Gasteiger partial charge in [0.05, 0.1) is 34.7 Å². The standard InChI is InChI=1S/C47H48FN5O3/c1-33-20-22-47(43-38(33)18-19-42(39(43)26-49)52(27-34-12-5-2-6-13-34)28-35-14-7-3-8-15-35)25-41-40(31-56-47)44(54-30-36-16-9-4-10-17-36)51-45(50-41)55-32-46-21-11-23-53(46)29-37(48)24-46/h2-10,12-19,33,37H,11,20-25,27-32H2,1H3/t33-,37+,46-,47-/m0/s1. The molecule has 5 aromatic rings. The van der Waals surface area contributed by atoms with Gasteiger partial charge in [0.25, 0.3) is 0 Å². The molecule has 56 heavy (non-hydrogen) atoms. The molecule has 4 aliphatic rings. The molecule has 2 fully saturated rings. The zero-order valence-corrected chi connectivity index (χ0v) is 32.0. The summed E-state index contributed by atoms with van der Waals surface area (Å²) in [6.45, 7) is 5.77. The molecule has 0 saturated carbocycles. The predicted molar refractivity (Wildman–Crippen MR) is 213 cm³/mol. The van der Waals surface area contributed by atoms with Crippen LogP contribution in [0.5, 0.6) is 11.9 Å². The predicted octanol–water partition coefficient (Wildman–Crippen LogP) is 8.95. The van der Waals surface area contributed by atoms with Gasteiger partial charge in [-0.15, -0.1) is 0 Å². The summed E-state index contributed by atoms with van der Waals surface area (Å²) in [5.74, 6) is 0.696. The number of nitriles is 1. The number of halogens is 1. The number of hydrogen-bond acceptors (Lipinski definition) is 8. The van der Waals surface area contributed by atoms with Gasteiger partial charge >= 0.3 is 6.01 Å². The third-order valence-corrected chi connectivity index (χ3v) is 12.5. The molecule has 8 nitrogen and oxygen atoms in total. The number of hydrogen-bond donors (Lipinski definition) is 0. The molecule has 0 bridgehead atoms. The van der Waals surface area contributed by atoms with Crippen LogP contribution in [-0.4, -0.2) is 46.3 Å². The highest BCUT2D eigenvalue weighted by Gasteiger charge is 2.50. The second-order valence-electron chi connectivity index (χ2n) is 16.1. The van der Waals surface area contributed by atoms with E-state index in [4.69, 9.17) is 24.2 Å². The molecule has 286 valence electrons. The third kappa shape index (κ3) is 7.01. The van der Waals surface area contributed by atoms with Crippen molar-refractivity contribution >= 4 is 5.69 Å². The minimum absolute atomic E-state index is 0.238. The Bertz CT molecular complexity index is 2180. The number of alkyl halides is 1. The lowest BCUT2D eigenvalue weighted by Crippen LogP contribution is -2.44. The average molecular weight is 750 g/mol. The summed E-state index contributed by atoms with van der Waals surface area (Å²) in [6.07, 6.45) is 3.64. The maximum atomic E-state index is 14.7. The summed E-state index contributed by atoms with van der Waals surface area (Å²) in [7, 11) is 0. The van der Waals surface area contributed by atoms with Crippen molar-refractivity contribution in [3.05, 3.63) is 148 Å². The van der Waals surface area contributed by atoms with Crippen molar-refractivity contribution in [1.29, 1.82) is 5.26 Å². The van der Waals surface area contributed by atoms with E-state index in [1.807, 2.05) is 42.5 Å². The van der Waals surface area contributed by atoms with E-state index in [1.54, 1.807) is 0 Å². The minimum Gasteiger partial charge on any atom is -0.472 e. The van der Waals surface area contributed by atoms with Crippen LogP contribution in [0.1, 0.15) is 89.6 Å². The van der Waals surface area contributed by atoms with Crippen molar-refractivity contribution < 1.29 is 18.6 Å². The van der Waals surface area contributed by atoms with E-state index in [1.165, 1.54) is 11.1 Å². The van der Waals surface area contributed by atoms with Crippen LogP contribution < -0.4 is 14.4 Å². The summed E-state index contributed by atoms with van der Waals surface area (Å²) in [5, 5.41) is 11.2. The van der Waals surface area contributed by atoms with E-state index >= 15 is 0 Å². The Morgan fingerprint density at radius 2 is 1.59 bits per heavy atom. The molecule has 4 atom stereocenters. The molecule has 0 N–H and O–H groups in total. The van der Waals surface area contributed by atoms with Crippen LogP contribution in [0.4, 0.5) is 10.1 Å². The molecule has 9 heteroatoms. The van der Waals surface area contributed by atoms with E-state index < -0.39 is 11.8 Å². The van der Waals surface area contributed by atoms with Gasteiger partial charge in [-0.1, -0.05) is 104 Å². The lowest BCUT2D eigenvalue weighted by atomic mass is 9.69. The van der Waals surface area contributed by atoms with E-state index in [0.29, 0.717) is 57.1 Å². The SMILES string of the molecule is C[C@H]1CC[C@]2(Cc3nc(OC[C@@]45CCCN4C[C@H](F)C5)nc(OCc4ccccc4)c3CO2)c2c1ccc(N(Cc1ccccc1)Cc1ccccc1)c2C#N. The van der Waals surface area contributed by atoms with Crippen molar-refractivity contribution in [2.24, 2.45) is 0 Å². The summed E-state index contributed by atoms with van der Waals surface area (Å²) in [4.78, 5) is 14.5. The monoisotopic (exact) mass is 749 g/mol. The molecule has 2 saturated heterocycles. The van der Waals surface area contributed by atoms with Crippen LogP contribution in [-0.2, 0) is 43.1 Å². The molecule has 0 amide bonds. The Morgan fingerprint density at radius 3 is 2.29 bits per heavy atom. The topological polar surface area (TPSA) is 83.7 Å². The Balaban J connectivity index is 1.10. The van der Waals surface area contributed by atoms with Crippen molar-refractivity contribution in [3.8, 4) is 18.0 Å². The molecule has 3 aliphatic heterocycles. The molecule has 9 rings (SSSR count). The van der Waals surface area contributed by atoms with Gasteiger partial charge < -0.3 is 19.1 Å². The van der Waals surface area contributed by atoms with Crippen LogP contribution in [0.2, 0.25) is 0 Å². The fraction of sp³-hybridized carbons (Fsp3) is 0.383. The van der Waals surface area contributed by atoms with Gasteiger partial charge in [-0.05, 0) is 66.5 Å². The van der Waals surface area contributed by atoms with Gasteiger partial charge in [0, 0.05) is 38.0 Å². The lowest BCUT2D eigenvalue weighted by Gasteiger charge is -2.45. The first-order valence-corrected chi connectivity index (χ1v) is 20.0. The van der Waals surface area contributed by atoms with Gasteiger partial charge in [0.2, 0.25) is 5.88 Å². The van der Waals surface area contributed by atoms with Gasteiger partial charge in [-0.2, -0.15) is 15.2 Å². The number of aromatic nitrogens is 2. The van der Waals surface area contributed by atoms with Crippen molar-refractivity contribution in [2.45, 2.75) is 95.0 Å². The average Bonchev–Trinajstić information content (AvgIpc) is 3.76. The van der Waals surface area contributed by atoms with E-state index in [2.05, 4.69) is 83.5 Å². The van der Waals surface area contributed by atoms with Gasteiger partial charge in [0.15, 0.2) is 0 Å². The highest BCUT2D eigenvalue weighted by atomic mass is 19.1. The molecule has 4 aromatic carbocycles. The van der Waals surface area contributed by atoms with E-state index in [0.717, 1.165) is 65.9 Å². The molecule has 1 spiro atoms. The van der Waals surface area contributed by atoms with Crippen LogP contribution in [0.25, 0.3) is 0 Å². The smallest absolute Gasteiger partial charge is 0.320 e. The Labute approximate surface area is 328 Å². The van der Waals surface area contributed by atoms with Gasteiger partial charge in [0.1, 0.15) is 31.1 Å². The first-order chi connectivity index (χ1) is 27.4. The molecule has 1 aliphatic carbocycles. The first-order valence-electron chi connectivity index (χ1n) is 20.0. The quantitative estimate of drug-likeness (QED) is 0.132. The van der Waals surface area contributed by atoms with Crippen molar-refractivity contribution in [1.82, 2.24) is 14.9 Å². The van der Waals surface area contributed by atoms with Crippen LogP contribution in [0.15, 0.2) is 103 Å². The largest absolute Gasteiger partial charge is 0.472 e. The second kappa shape index (κ2) is 15.3. The number of nitrogens with zero attached hydrogens (tertiary/aromatic N) is 5. The highest BCUT2D eigenvalue weighted by molar-refractivity contribution is 5.67. The number of ether oxygens (including phenoxy) is 3. The fourth-order valence-electron chi connectivity index (χ4n) is 9.64. The summed E-state index contributed by atoms with van der Waals surface area (Å²) >= 11 is 0. The van der Waals surface area contributed by atoms with Gasteiger partial charge in [-0.3, -0.25) is 4.90 Å². The van der Waals surface area contributed by atoms with E-state index in [-0.39, 0.29) is 24.1 Å². The Kier molecular flexibility index (Phi) is 9.95. The van der Waals surface area contributed by atoms with E-state index in [9.17, 15) is 9.65 Å². The molecular weight excluding hydrogens is 702 g/mol. The minimum atomic E-state index is -0.852. The lowest BCUT2D eigenvalue weighted by molar-refractivity contribution is -0.0885. The van der Waals surface area contributed by atoms with Crippen LogP contribution in [0.3, 0.4) is 0 Å². The Hall–Kier alpha value is -5.30. The number of benzene rings is 4. The zero-order valence-electron chi connectivity index (χ0n) is 32.0. The fourth-order valence-corrected chi connectivity index (χ4v) is 9.64. The third-order valence-electron chi connectivity index (χ3n) is 12.5. The maximum absolute atomic E-state index is 14.7. The first kappa shape index (κ1) is 36.3. The van der Waals surface area contributed by atoms with Gasteiger partial charge in [-0.25, -0.2) is 4.39 Å². The summed E-state index contributed by atoms with van der Waals surface area (Å²) < 4.78 is 34.6.